The predicted molar refractivity (Wildman–Crippen MR) is 84.2 cm³/mol. The zero-order valence-electron chi connectivity index (χ0n) is 13.8. The Morgan fingerprint density at radius 2 is 1.95 bits per heavy atom. The van der Waals surface area contributed by atoms with Gasteiger partial charge in [-0.3, -0.25) is 9.79 Å². The third-order valence-electron chi connectivity index (χ3n) is 4.54. The molecule has 1 aliphatic carbocycles. The second-order valence-electron chi connectivity index (χ2n) is 6.70. The van der Waals surface area contributed by atoms with Gasteiger partial charge in [-0.2, -0.15) is 0 Å². The molecule has 1 saturated carbocycles. The summed E-state index contributed by atoms with van der Waals surface area (Å²) in [6, 6.07) is 0.533. The lowest BCUT2D eigenvalue weighted by atomic mass is 9.97. The number of aliphatic imine (C=N–C) groups is 1. The van der Waals surface area contributed by atoms with Crippen molar-refractivity contribution < 1.29 is 9.53 Å². The Morgan fingerprint density at radius 3 is 2.43 bits per heavy atom. The normalized spacial score (nSPS) is 25.6. The topological polar surface area (TPSA) is 53.9 Å². The van der Waals surface area contributed by atoms with Gasteiger partial charge in [0, 0.05) is 25.7 Å². The number of guanidine groups is 1. The summed E-state index contributed by atoms with van der Waals surface area (Å²) in [4.78, 5) is 18.7. The highest BCUT2D eigenvalue weighted by Crippen LogP contribution is 2.44. The molecular weight excluding hydrogens is 266 g/mol. The third kappa shape index (κ3) is 4.11. The summed E-state index contributed by atoms with van der Waals surface area (Å²) in [5, 5.41) is 3.58. The minimum absolute atomic E-state index is 0.0394. The fourth-order valence-corrected chi connectivity index (χ4v) is 2.84. The highest BCUT2D eigenvalue weighted by Gasteiger charge is 2.46. The Bertz CT molecular complexity index is 398. The average Bonchev–Trinajstić information content (AvgIpc) is 3.06. The first kappa shape index (κ1) is 16.1. The molecule has 21 heavy (non-hydrogen) atoms. The van der Waals surface area contributed by atoms with Crippen molar-refractivity contribution in [1.29, 1.82) is 0 Å². The molecule has 1 atom stereocenters. The van der Waals surface area contributed by atoms with Crippen LogP contribution < -0.4 is 5.32 Å². The Labute approximate surface area is 128 Å². The summed E-state index contributed by atoms with van der Waals surface area (Å²) in [5.41, 5.74) is 0.387. The molecule has 0 aromatic rings. The van der Waals surface area contributed by atoms with Crippen molar-refractivity contribution >= 4 is 11.9 Å². The van der Waals surface area contributed by atoms with Crippen LogP contribution in [0.3, 0.4) is 0 Å². The van der Waals surface area contributed by atoms with Crippen molar-refractivity contribution in [2.45, 2.75) is 53.0 Å². The van der Waals surface area contributed by atoms with Crippen LogP contribution in [0.2, 0.25) is 0 Å². The van der Waals surface area contributed by atoms with Crippen LogP contribution in [0, 0.1) is 11.3 Å². The Balaban J connectivity index is 1.86. The quantitative estimate of drug-likeness (QED) is 0.490. The lowest BCUT2D eigenvalue weighted by Gasteiger charge is -2.33. The summed E-state index contributed by atoms with van der Waals surface area (Å²) < 4.78 is 5.12. The van der Waals surface area contributed by atoms with E-state index >= 15 is 0 Å². The third-order valence-corrected chi connectivity index (χ3v) is 4.54. The molecule has 0 aromatic heterocycles. The summed E-state index contributed by atoms with van der Waals surface area (Å²) in [6.07, 6.45) is 2.92. The summed E-state index contributed by atoms with van der Waals surface area (Å²) in [5.74, 6) is 1.03. The molecule has 0 aromatic carbocycles. The zero-order valence-corrected chi connectivity index (χ0v) is 13.8. The van der Waals surface area contributed by atoms with E-state index in [1.165, 1.54) is 6.42 Å². The van der Waals surface area contributed by atoms with Crippen molar-refractivity contribution in [2.24, 2.45) is 16.3 Å². The van der Waals surface area contributed by atoms with Crippen LogP contribution in [-0.2, 0) is 9.53 Å². The van der Waals surface area contributed by atoms with E-state index in [2.05, 4.69) is 36.0 Å². The van der Waals surface area contributed by atoms with Crippen LogP contribution in [0.25, 0.3) is 0 Å². The van der Waals surface area contributed by atoms with Gasteiger partial charge in [0.05, 0.1) is 12.5 Å². The molecule has 1 heterocycles. The lowest BCUT2D eigenvalue weighted by Crippen LogP contribution is -2.48. The van der Waals surface area contributed by atoms with E-state index in [1.807, 2.05) is 6.92 Å². The highest BCUT2D eigenvalue weighted by atomic mass is 16.5. The first-order valence-corrected chi connectivity index (χ1v) is 8.20. The molecule has 2 fully saturated rings. The van der Waals surface area contributed by atoms with Crippen molar-refractivity contribution in [2.75, 3.05) is 26.2 Å². The largest absolute Gasteiger partial charge is 0.466 e. The van der Waals surface area contributed by atoms with Gasteiger partial charge in [-0.25, -0.2) is 0 Å². The fourth-order valence-electron chi connectivity index (χ4n) is 2.84. The molecule has 1 unspecified atom stereocenters. The van der Waals surface area contributed by atoms with Crippen molar-refractivity contribution in [3.05, 3.63) is 0 Å². The van der Waals surface area contributed by atoms with Crippen LogP contribution in [0.15, 0.2) is 4.99 Å². The first-order valence-electron chi connectivity index (χ1n) is 8.20. The standard InChI is InChI=1S/C16H29N3O2/c1-5-17-15(18-13-11-16(13,3)4)19-9-7-12(8-10-19)14(20)21-6-2/h12-13H,5-11H2,1-4H3,(H,17,18). The van der Waals surface area contributed by atoms with E-state index < -0.39 is 0 Å². The second-order valence-corrected chi connectivity index (χ2v) is 6.70. The molecule has 1 saturated heterocycles. The molecule has 0 bridgehead atoms. The SMILES string of the molecule is CCN=C(NC1CC1(C)C)N1CCC(C(=O)OCC)CC1. The molecule has 120 valence electrons. The van der Waals surface area contributed by atoms with Gasteiger partial charge in [-0.05, 0) is 38.5 Å². The molecule has 0 radical (unpaired) electrons. The van der Waals surface area contributed by atoms with Gasteiger partial charge in [-0.15, -0.1) is 0 Å². The average molecular weight is 295 g/mol. The highest BCUT2D eigenvalue weighted by molar-refractivity contribution is 5.81. The van der Waals surface area contributed by atoms with Crippen LogP contribution in [0.5, 0.6) is 0 Å². The fraction of sp³-hybridized carbons (Fsp3) is 0.875. The molecular formula is C16H29N3O2. The summed E-state index contributed by atoms with van der Waals surface area (Å²) in [6.45, 7) is 11.5. The smallest absolute Gasteiger partial charge is 0.309 e. The first-order chi connectivity index (χ1) is 9.97. The minimum atomic E-state index is -0.0394. The Kier molecular flexibility index (Phi) is 5.12. The number of hydrogen-bond acceptors (Lipinski definition) is 3. The molecule has 1 aliphatic heterocycles. The van der Waals surface area contributed by atoms with Crippen LogP contribution in [0.1, 0.15) is 47.0 Å². The van der Waals surface area contributed by atoms with Crippen molar-refractivity contribution in [3.63, 3.8) is 0 Å². The Morgan fingerprint density at radius 1 is 1.33 bits per heavy atom. The number of nitrogens with zero attached hydrogens (tertiary/aromatic N) is 2. The number of piperidine rings is 1. The van der Waals surface area contributed by atoms with Gasteiger partial charge in [0.2, 0.25) is 0 Å². The van der Waals surface area contributed by atoms with Gasteiger partial charge in [-0.1, -0.05) is 13.8 Å². The van der Waals surface area contributed by atoms with Gasteiger partial charge < -0.3 is 15.0 Å². The second kappa shape index (κ2) is 6.67. The Hall–Kier alpha value is -1.26. The molecule has 5 heteroatoms. The summed E-state index contributed by atoms with van der Waals surface area (Å²) >= 11 is 0. The zero-order chi connectivity index (χ0) is 15.5. The number of hydrogen-bond donors (Lipinski definition) is 1. The van der Waals surface area contributed by atoms with Crippen LogP contribution in [0.4, 0.5) is 0 Å². The molecule has 5 nitrogen and oxygen atoms in total. The van der Waals surface area contributed by atoms with E-state index in [9.17, 15) is 4.79 Å². The van der Waals surface area contributed by atoms with E-state index in [0.29, 0.717) is 18.1 Å². The van der Waals surface area contributed by atoms with E-state index in [4.69, 9.17) is 4.74 Å². The van der Waals surface area contributed by atoms with Gasteiger partial charge >= 0.3 is 5.97 Å². The number of rotatable bonds is 4. The van der Waals surface area contributed by atoms with Crippen molar-refractivity contribution in [1.82, 2.24) is 10.2 Å². The van der Waals surface area contributed by atoms with Crippen LogP contribution in [-0.4, -0.2) is 49.1 Å². The van der Waals surface area contributed by atoms with Gasteiger partial charge in [0.1, 0.15) is 0 Å². The number of likely N-dealkylation sites (tertiary alicyclic amines) is 1. The van der Waals surface area contributed by atoms with E-state index in [-0.39, 0.29) is 11.9 Å². The number of carbonyl (C=O) groups is 1. The van der Waals surface area contributed by atoms with Gasteiger partial charge in [0.25, 0.3) is 0 Å². The number of ether oxygens (including phenoxy) is 1. The van der Waals surface area contributed by atoms with E-state index in [1.54, 1.807) is 0 Å². The number of nitrogens with one attached hydrogen (secondary N) is 1. The molecule has 0 amide bonds. The molecule has 0 spiro atoms. The number of esters is 1. The number of carbonyl (C=O) groups excluding carboxylic acids is 1. The van der Waals surface area contributed by atoms with Gasteiger partial charge in [0.15, 0.2) is 5.96 Å². The summed E-state index contributed by atoms with van der Waals surface area (Å²) in [7, 11) is 0. The van der Waals surface area contributed by atoms with E-state index in [0.717, 1.165) is 38.4 Å². The van der Waals surface area contributed by atoms with Crippen molar-refractivity contribution in [3.8, 4) is 0 Å². The maximum atomic E-state index is 11.8. The minimum Gasteiger partial charge on any atom is -0.466 e. The molecule has 2 aliphatic rings. The maximum Gasteiger partial charge on any atom is 0.309 e. The predicted octanol–water partition coefficient (Wildman–Crippen LogP) is 2.03. The van der Waals surface area contributed by atoms with Crippen LogP contribution >= 0.6 is 0 Å². The molecule has 1 N–H and O–H groups in total. The maximum absolute atomic E-state index is 11.8. The molecule has 2 rings (SSSR count). The monoisotopic (exact) mass is 295 g/mol. The lowest BCUT2D eigenvalue weighted by molar-refractivity contribution is -0.149.